The lowest BCUT2D eigenvalue weighted by atomic mass is 9.59. The Kier molecular flexibility index (Phi) is 4.83. The maximum Gasteiger partial charge on any atom is 0.221 e. The van der Waals surface area contributed by atoms with Crippen molar-refractivity contribution in [1.29, 1.82) is 0 Å². The third kappa shape index (κ3) is 3.35. The average molecular weight is 436 g/mol. The van der Waals surface area contributed by atoms with Crippen LogP contribution in [0.4, 0.5) is 0 Å². The van der Waals surface area contributed by atoms with Crippen LogP contribution in [-0.2, 0) is 11.3 Å². The second-order valence-corrected chi connectivity index (χ2v) is 9.09. The fourth-order valence-electron chi connectivity index (χ4n) is 5.84. The summed E-state index contributed by atoms with van der Waals surface area (Å²) >= 11 is 0. The fourth-order valence-corrected chi connectivity index (χ4v) is 5.84. The molecule has 164 valence electrons. The molecule has 0 saturated carbocycles. The third-order valence-corrected chi connectivity index (χ3v) is 7.30. The van der Waals surface area contributed by atoms with E-state index in [1.54, 1.807) is 10.7 Å². The summed E-state index contributed by atoms with van der Waals surface area (Å²) in [6, 6.07) is 24.9. The van der Waals surface area contributed by atoms with E-state index in [-0.39, 0.29) is 11.3 Å². The molecule has 0 aliphatic heterocycles. The molecule has 1 atom stereocenters. The Morgan fingerprint density at radius 1 is 0.909 bits per heavy atom. The molecule has 2 bridgehead atoms. The standard InChI is InChI=1S/C28H25N3O2/c32-26-17-30-31(25-12-6-5-11-23(25)26)14-13-27(33)29-16-18-15-24-19-7-1-3-9-21(19)28(18)22-10-4-2-8-20(22)24/h1-12,17-18,24,28H,13-16H2,(H,29,33). The second kappa shape index (κ2) is 8.00. The molecule has 0 fully saturated rings. The zero-order chi connectivity index (χ0) is 22.4. The van der Waals surface area contributed by atoms with Gasteiger partial charge in [-0.15, -0.1) is 0 Å². The molecule has 0 spiro atoms. The fraction of sp³-hybridized carbons (Fsp3) is 0.250. The number of aromatic nitrogens is 2. The number of nitrogens with one attached hydrogen (secondary N) is 1. The molecule has 0 saturated heterocycles. The highest BCUT2D eigenvalue weighted by atomic mass is 16.1. The molecule has 3 aromatic carbocycles. The van der Waals surface area contributed by atoms with Crippen molar-refractivity contribution in [1.82, 2.24) is 15.1 Å². The highest BCUT2D eigenvalue weighted by Crippen LogP contribution is 2.55. The van der Waals surface area contributed by atoms with Crippen LogP contribution in [0, 0.1) is 5.92 Å². The molecule has 5 heteroatoms. The van der Waals surface area contributed by atoms with E-state index in [4.69, 9.17) is 0 Å². The van der Waals surface area contributed by atoms with E-state index < -0.39 is 0 Å². The molecular weight excluding hydrogens is 410 g/mol. The normalized spacial score (nSPS) is 20.3. The maximum atomic E-state index is 12.7. The van der Waals surface area contributed by atoms with Crippen molar-refractivity contribution >= 4 is 16.8 Å². The van der Waals surface area contributed by atoms with E-state index >= 15 is 0 Å². The minimum Gasteiger partial charge on any atom is -0.356 e. The van der Waals surface area contributed by atoms with E-state index in [1.165, 1.54) is 28.5 Å². The number of rotatable bonds is 5. The largest absolute Gasteiger partial charge is 0.356 e. The van der Waals surface area contributed by atoms with E-state index in [0.717, 1.165) is 11.9 Å². The molecule has 3 aliphatic carbocycles. The number of nitrogens with zero attached hydrogens (tertiary/aromatic N) is 2. The van der Waals surface area contributed by atoms with Gasteiger partial charge in [0.05, 0.1) is 18.3 Å². The summed E-state index contributed by atoms with van der Waals surface area (Å²) in [6.45, 7) is 1.11. The van der Waals surface area contributed by atoms with Gasteiger partial charge in [-0.2, -0.15) is 5.10 Å². The molecule has 1 heterocycles. The van der Waals surface area contributed by atoms with Crippen molar-refractivity contribution < 1.29 is 4.79 Å². The van der Waals surface area contributed by atoms with Crippen molar-refractivity contribution in [2.75, 3.05) is 6.54 Å². The number of benzene rings is 3. The Morgan fingerprint density at radius 2 is 1.55 bits per heavy atom. The average Bonchev–Trinajstić information content (AvgIpc) is 2.87. The number of aryl methyl sites for hydroxylation is 1. The zero-order valence-corrected chi connectivity index (χ0v) is 18.3. The van der Waals surface area contributed by atoms with Gasteiger partial charge in [-0.1, -0.05) is 60.7 Å². The van der Waals surface area contributed by atoms with E-state index in [1.807, 2.05) is 18.2 Å². The highest BCUT2D eigenvalue weighted by Gasteiger charge is 2.42. The van der Waals surface area contributed by atoms with Crippen molar-refractivity contribution in [2.24, 2.45) is 5.92 Å². The first-order valence-electron chi connectivity index (χ1n) is 11.6. The Labute approximate surface area is 192 Å². The van der Waals surface area contributed by atoms with E-state index in [2.05, 4.69) is 58.9 Å². The Balaban J connectivity index is 1.17. The third-order valence-electron chi connectivity index (χ3n) is 7.30. The van der Waals surface area contributed by atoms with Gasteiger partial charge < -0.3 is 5.32 Å². The van der Waals surface area contributed by atoms with Crippen LogP contribution in [0.3, 0.4) is 0 Å². The smallest absolute Gasteiger partial charge is 0.221 e. The number of amides is 1. The van der Waals surface area contributed by atoms with Crippen LogP contribution < -0.4 is 10.7 Å². The van der Waals surface area contributed by atoms with Gasteiger partial charge in [0.1, 0.15) is 0 Å². The quantitative estimate of drug-likeness (QED) is 0.511. The van der Waals surface area contributed by atoms with Gasteiger partial charge >= 0.3 is 0 Å². The van der Waals surface area contributed by atoms with Gasteiger partial charge in [0.25, 0.3) is 0 Å². The number of para-hydroxylation sites is 1. The molecule has 4 aromatic rings. The number of hydrogen-bond donors (Lipinski definition) is 1. The molecule has 5 nitrogen and oxygen atoms in total. The predicted molar refractivity (Wildman–Crippen MR) is 128 cm³/mol. The summed E-state index contributed by atoms with van der Waals surface area (Å²) in [7, 11) is 0. The van der Waals surface area contributed by atoms with Crippen molar-refractivity contribution in [2.45, 2.75) is 31.2 Å². The highest BCUT2D eigenvalue weighted by molar-refractivity contribution is 5.79. The first-order chi connectivity index (χ1) is 16.2. The van der Waals surface area contributed by atoms with Crippen molar-refractivity contribution in [3.8, 4) is 0 Å². The molecule has 33 heavy (non-hydrogen) atoms. The summed E-state index contributed by atoms with van der Waals surface area (Å²) in [5, 5.41) is 8.05. The van der Waals surface area contributed by atoms with E-state index in [9.17, 15) is 9.59 Å². The van der Waals surface area contributed by atoms with Gasteiger partial charge in [-0.3, -0.25) is 14.3 Å². The number of carbonyl (C=O) groups is 1. The molecule has 0 radical (unpaired) electrons. The van der Waals surface area contributed by atoms with E-state index in [0.29, 0.717) is 42.7 Å². The summed E-state index contributed by atoms with van der Waals surface area (Å²) in [4.78, 5) is 24.8. The van der Waals surface area contributed by atoms with Crippen LogP contribution in [-0.4, -0.2) is 22.2 Å². The summed E-state index contributed by atoms with van der Waals surface area (Å²) in [5.41, 5.74) is 6.38. The lowest BCUT2D eigenvalue weighted by Gasteiger charge is -2.45. The minimum absolute atomic E-state index is 0.0163. The number of hydrogen-bond acceptors (Lipinski definition) is 3. The molecule has 1 amide bonds. The number of fused-ring (bicyclic) bond motifs is 2. The van der Waals surface area contributed by atoms with Gasteiger partial charge in [0.2, 0.25) is 11.3 Å². The first-order valence-corrected chi connectivity index (χ1v) is 11.6. The monoisotopic (exact) mass is 435 g/mol. The maximum absolute atomic E-state index is 12.7. The molecule has 1 aromatic heterocycles. The topological polar surface area (TPSA) is 64.0 Å². The van der Waals surface area contributed by atoms with Crippen LogP contribution in [0.1, 0.15) is 46.9 Å². The lowest BCUT2D eigenvalue weighted by molar-refractivity contribution is -0.121. The second-order valence-electron chi connectivity index (χ2n) is 9.09. The molecule has 7 rings (SSSR count). The number of carbonyl (C=O) groups excluding carboxylic acids is 1. The van der Waals surface area contributed by atoms with Crippen LogP contribution in [0.15, 0.2) is 83.8 Å². The Morgan fingerprint density at radius 3 is 2.27 bits per heavy atom. The minimum atomic E-state index is -0.0979. The summed E-state index contributed by atoms with van der Waals surface area (Å²) < 4.78 is 1.74. The van der Waals surface area contributed by atoms with Crippen molar-refractivity contribution in [3.63, 3.8) is 0 Å². The van der Waals surface area contributed by atoms with Crippen LogP contribution >= 0.6 is 0 Å². The van der Waals surface area contributed by atoms with Gasteiger partial charge in [-0.05, 0) is 46.7 Å². The van der Waals surface area contributed by atoms with Gasteiger partial charge in [0.15, 0.2) is 0 Å². The SMILES string of the molecule is O=C(CCn1ncc(=O)c2ccccc21)NCC1CC2c3ccccc3C1c1ccccc12. The first kappa shape index (κ1) is 19.9. The Bertz CT molecular complexity index is 1380. The summed E-state index contributed by atoms with van der Waals surface area (Å²) in [6.07, 6.45) is 2.71. The van der Waals surface area contributed by atoms with Crippen molar-refractivity contribution in [3.05, 3.63) is 111 Å². The molecule has 1 N–H and O–H groups in total. The van der Waals surface area contributed by atoms with Gasteiger partial charge in [-0.25, -0.2) is 0 Å². The molecular formula is C28H25N3O2. The summed E-state index contributed by atoms with van der Waals surface area (Å²) in [5.74, 6) is 1.13. The molecule has 3 aliphatic rings. The van der Waals surface area contributed by atoms with Crippen LogP contribution in [0.25, 0.3) is 10.9 Å². The predicted octanol–water partition coefficient (Wildman–Crippen LogP) is 4.20. The van der Waals surface area contributed by atoms with Gasteiger partial charge in [0, 0.05) is 30.2 Å². The van der Waals surface area contributed by atoms with Crippen LogP contribution in [0.2, 0.25) is 0 Å². The zero-order valence-electron chi connectivity index (χ0n) is 18.3. The lowest BCUT2D eigenvalue weighted by Crippen LogP contribution is -2.39. The Hall–Kier alpha value is -3.73. The molecule has 1 unspecified atom stereocenters. The van der Waals surface area contributed by atoms with Crippen LogP contribution in [0.5, 0.6) is 0 Å².